The molecule has 6 nitrogen and oxygen atoms in total. The molecule has 0 atom stereocenters. The third kappa shape index (κ3) is 7.92. The molecule has 2 amide bonds. The predicted molar refractivity (Wildman–Crippen MR) is 174 cm³/mol. The van der Waals surface area contributed by atoms with E-state index in [1.165, 1.54) is 37.7 Å². The van der Waals surface area contributed by atoms with Crippen molar-refractivity contribution in [3.8, 4) is 0 Å². The van der Waals surface area contributed by atoms with Gasteiger partial charge < -0.3 is 15.4 Å². The highest BCUT2D eigenvalue weighted by Crippen LogP contribution is 2.40. The minimum absolute atomic E-state index is 0.249. The molecule has 5 rings (SSSR count). The number of methoxy groups -OCH3 is 1. The number of ether oxygens (including phenoxy) is 1. The largest absolute Gasteiger partial charge is 0.465 e. The molecular formula is C35H35ClN2O4S. The summed E-state index contributed by atoms with van der Waals surface area (Å²) in [5.74, 6) is -0.124. The third-order valence-corrected chi connectivity index (χ3v) is 9.38. The number of amides is 2. The molecule has 4 aromatic rings. The summed E-state index contributed by atoms with van der Waals surface area (Å²) in [6.07, 6.45) is 7.45. The Hall–Kier alpha value is -3.94. The number of alkyl halides is 1. The maximum atomic E-state index is 13.5. The average Bonchev–Trinajstić information content (AvgIpc) is 3.48. The zero-order chi connectivity index (χ0) is 30.2. The van der Waals surface area contributed by atoms with Gasteiger partial charge in [0, 0.05) is 22.0 Å². The van der Waals surface area contributed by atoms with Gasteiger partial charge in [0.15, 0.2) is 0 Å². The van der Waals surface area contributed by atoms with Gasteiger partial charge in [-0.15, -0.1) is 22.9 Å². The highest BCUT2D eigenvalue weighted by Gasteiger charge is 2.24. The van der Waals surface area contributed by atoms with E-state index in [9.17, 15) is 14.4 Å². The van der Waals surface area contributed by atoms with Crippen molar-refractivity contribution in [1.82, 2.24) is 0 Å². The summed E-state index contributed by atoms with van der Waals surface area (Å²) in [7, 11) is 1.37. The Morgan fingerprint density at radius 1 is 0.791 bits per heavy atom. The zero-order valence-corrected chi connectivity index (χ0v) is 25.7. The highest BCUT2D eigenvalue weighted by atomic mass is 35.5. The molecule has 2 N–H and O–H groups in total. The van der Waals surface area contributed by atoms with Gasteiger partial charge in [0.05, 0.1) is 18.2 Å². The Bertz CT molecular complexity index is 1570. The van der Waals surface area contributed by atoms with Crippen molar-refractivity contribution in [2.45, 2.75) is 56.7 Å². The number of rotatable bonds is 10. The van der Waals surface area contributed by atoms with E-state index in [4.69, 9.17) is 16.3 Å². The number of carbonyl (C=O) groups is 3. The lowest BCUT2D eigenvalue weighted by atomic mass is 9.88. The Balaban J connectivity index is 1.27. The van der Waals surface area contributed by atoms with Crippen LogP contribution in [0.15, 0.2) is 78.9 Å². The number of aryl methyl sites for hydroxylation is 2. The molecule has 0 unspecified atom stereocenters. The first-order chi connectivity index (χ1) is 20.9. The fraction of sp³-hybridized carbons (Fsp3) is 0.286. The van der Waals surface area contributed by atoms with Gasteiger partial charge in [-0.05, 0) is 90.8 Å². The monoisotopic (exact) mass is 614 g/mol. The summed E-state index contributed by atoms with van der Waals surface area (Å²) in [6, 6.07) is 24.4. The van der Waals surface area contributed by atoms with Crippen LogP contribution in [0.25, 0.3) is 0 Å². The van der Waals surface area contributed by atoms with Gasteiger partial charge in [-0.1, -0.05) is 55.7 Å². The van der Waals surface area contributed by atoms with Crippen molar-refractivity contribution in [1.29, 1.82) is 0 Å². The standard InChI is InChI=1S/C35H35ClN2O4S/c1-42-35(41)27-16-12-23(13-17-27)10-11-24-14-18-29(19-15-24)37-33(40)30-21-31(26-7-3-2-4-8-26)43-34(30)38-32(39)28-9-5-6-25(20-28)22-36/h5-6,9,12-21,26H,2-4,7-8,10-11,22H2,1H3,(H,37,40)(H,38,39). The van der Waals surface area contributed by atoms with Crippen molar-refractivity contribution < 1.29 is 19.1 Å². The predicted octanol–water partition coefficient (Wildman–Crippen LogP) is 8.61. The highest BCUT2D eigenvalue weighted by molar-refractivity contribution is 7.16. The number of hydrogen-bond acceptors (Lipinski definition) is 5. The Labute approximate surface area is 261 Å². The van der Waals surface area contributed by atoms with E-state index in [0.717, 1.165) is 47.3 Å². The van der Waals surface area contributed by atoms with Crippen molar-refractivity contribution >= 4 is 51.4 Å². The van der Waals surface area contributed by atoms with E-state index >= 15 is 0 Å². The first-order valence-corrected chi connectivity index (χ1v) is 16.0. The molecule has 0 saturated heterocycles. The van der Waals surface area contributed by atoms with E-state index in [-0.39, 0.29) is 17.8 Å². The van der Waals surface area contributed by atoms with Crippen molar-refractivity contribution in [2.24, 2.45) is 0 Å². The fourth-order valence-electron chi connectivity index (χ4n) is 5.40. The maximum Gasteiger partial charge on any atom is 0.337 e. The second kappa shape index (κ2) is 14.5. The molecule has 1 aliphatic carbocycles. The van der Waals surface area contributed by atoms with Crippen LogP contribution in [0.2, 0.25) is 0 Å². The van der Waals surface area contributed by atoms with E-state index < -0.39 is 0 Å². The van der Waals surface area contributed by atoms with Gasteiger partial charge in [0.1, 0.15) is 5.00 Å². The summed E-state index contributed by atoms with van der Waals surface area (Å²) in [5.41, 5.74) is 5.33. The lowest BCUT2D eigenvalue weighted by molar-refractivity contribution is 0.0600. The lowest BCUT2D eigenvalue weighted by Crippen LogP contribution is -2.16. The summed E-state index contributed by atoms with van der Waals surface area (Å²) >= 11 is 7.48. The molecule has 0 radical (unpaired) electrons. The molecule has 0 bridgehead atoms. The second-order valence-corrected chi connectivity index (χ2v) is 12.2. The topological polar surface area (TPSA) is 84.5 Å². The van der Waals surface area contributed by atoms with E-state index in [1.807, 2.05) is 54.6 Å². The number of thiophene rings is 1. The van der Waals surface area contributed by atoms with Gasteiger partial charge in [0.25, 0.3) is 11.8 Å². The lowest BCUT2D eigenvalue weighted by Gasteiger charge is -2.19. The summed E-state index contributed by atoms with van der Waals surface area (Å²) < 4.78 is 4.76. The number of nitrogens with one attached hydrogen (secondary N) is 2. The first-order valence-electron chi connectivity index (χ1n) is 14.6. The number of benzene rings is 3. The maximum absolute atomic E-state index is 13.5. The van der Waals surface area contributed by atoms with Crippen molar-refractivity contribution in [3.63, 3.8) is 0 Å². The minimum atomic E-state index is -0.344. The number of hydrogen-bond donors (Lipinski definition) is 2. The van der Waals surface area contributed by atoms with Crippen LogP contribution in [-0.4, -0.2) is 24.9 Å². The number of anilines is 2. The summed E-state index contributed by atoms with van der Waals surface area (Å²) in [5, 5.41) is 6.60. The number of halogens is 1. The molecule has 1 fully saturated rings. The Morgan fingerprint density at radius 3 is 2.12 bits per heavy atom. The SMILES string of the molecule is COC(=O)c1ccc(CCc2ccc(NC(=O)c3cc(C4CCCCC4)sc3NC(=O)c3cccc(CCl)c3)cc2)cc1. The third-order valence-electron chi connectivity index (χ3n) is 7.86. The van der Waals surface area contributed by atoms with Gasteiger partial charge in [0.2, 0.25) is 0 Å². The molecular weight excluding hydrogens is 580 g/mol. The van der Waals surface area contributed by atoms with Gasteiger partial charge in [-0.25, -0.2) is 4.79 Å². The van der Waals surface area contributed by atoms with E-state index in [1.54, 1.807) is 24.3 Å². The van der Waals surface area contributed by atoms with Crippen LogP contribution in [0.1, 0.15) is 90.7 Å². The van der Waals surface area contributed by atoms with E-state index in [2.05, 4.69) is 10.6 Å². The second-order valence-electron chi connectivity index (χ2n) is 10.9. The van der Waals surface area contributed by atoms with Crippen LogP contribution < -0.4 is 10.6 Å². The molecule has 8 heteroatoms. The quantitative estimate of drug-likeness (QED) is 0.138. The van der Waals surface area contributed by atoms with Gasteiger partial charge in [-0.3, -0.25) is 9.59 Å². The Kier molecular flexibility index (Phi) is 10.3. The normalized spacial score (nSPS) is 13.3. The minimum Gasteiger partial charge on any atom is -0.465 e. The van der Waals surface area contributed by atoms with Gasteiger partial charge in [-0.2, -0.15) is 0 Å². The summed E-state index contributed by atoms with van der Waals surface area (Å²) in [4.78, 5) is 39.5. The molecule has 0 spiro atoms. The smallest absolute Gasteiger partial charge is 0.337 e. The average molecular weight is 615 g/mol. The molecule has 1 saturated carbocycles. The fourth-order valence-corrected chi connectivity index (χ4v) is 6.78. The summed E-state index contributed by atoms with van der Waals surface area (Å²) in [6.45, 7) is 0. The molecule has 222 valence electrons. The van der Waals surface area contributed by atoms with Crippen LogP contribution in [0, 0.1) is 0 Å². The van der Waals surface area contributed by atoms with E-state index in [0.29, 0.717) is 39.2 Å². The zero-order valence-electron chi connectivity index (χ0n) is 24.2. The van der Waals surface area contributed by atoms with Crippen LogP contribution in [0.5, 0.6) is 0 Å². The number of carbonyl (C=O) groups excluding carboxylic acids is 3. The van der Waals surface area contributed by atoms with Crippen LogP contribution in [0.3, 0.4) is 0 Å². The molecule has 1 heterocycles. The van der Waals surface area contributed by atoms with Crippen LogP contribution in [-0.2, 0) is 23.5 Å². The molecule has 1 aromatic heterocycles. The first kappa shape index (κ1) is 30.5. The van der Waals surface area contributed by atoms with Crippen LogP contribution in [0.4, 0.5) is 10.7 Å². The molecule has 43 heavy (non-hydrogen) atoms. The Morgan fingerprint density at radius 2 is 1.47 bits per heavy atom. The van der Waals surface area contributed by atoms with Crippen molar-refractivity contribution in [3.05, 3.63) is 117 Å². The number of esters is 1. The van der Waals surface area contributed by atoms with Gasteiger partial charge >= 0.3 is 5.97 Å². The van der Waals surface area contributed by atoms with Crippen LogP contribution >= 0.6 is 22.9 Å². The molecule has 3 aromatic carbocycles. The molecule has 1 aliphatic rings. The van der Waals surface area contributed by atoms with Crippen molar-refractivity contribution in [2.75, 3.05) is 17.7 Å². The molecule has 0 aliphatic heterocycles.